The second kappa shape index (κ2) is 15.3. The average Bonchev–Trinajstić information content (AvgIpc) is 3.66. The smallest absolute Gasteiger partial charge is 0.332 e. The number of rotatable bonds is 8. The molecule has 2 atom stereocenters. The first-order chi connectivity index (χ1) is 27.2. The van der Waals surface area contributed by atoms with E-state index in [1.165, 1.54) is 52.3 Å². The first kappa shape index (κ1) is 36.4. The molecule has 5 aromatic carbocycles. The topological polar surface area (TPSA) is 109 Å². The minimum Gasteiger partial charge on any atom is -0.481 e. The van der Waals surface area contributed by atoms with Crippen molar-refractivity contribution in [3.05, 3.63) is 194 Å². The number of carbonyl (C=O) groups is 3. The van der Waals surface area contributed by atoms with E-state index in [1.807, 2.05) is 65.2 Å². The zero-order valence-electron chi connectivity index (χ0n) is 31.2. The predicted molar refractivity (Wildman–Crippen MR) is 218 cm³/mol. The molecule has 2 N–H and O–H groups in total. The number of carboxylic acid groups (broad SMARTS) is 2. The van der Waals surface area contributed by atoms with Gasteiger partial charge in [0.1, 0.15) is 0 Å². The van der Waals surface area contributed by atoms with Gasteiger partial charge in [-0.1, -0.05) is 140 Å². The van der Waals surface area contributed by atoms with Gasteiger partial charge in [0.25, 0.3) is 0 Å². The van der Waals surface area contributed by atoms with Gasteiger partial charge in [0.15, 0.2) is 5.78 Å². The van der Waals surface area contributed by atoms with Gasteiger partial charge in [-0.2, -0.15) is 0 Å². The second-order valence-electron chi connectivity index (χ2n) is 14.8. The summed E-state index contributed by atoms with van der Waals surface area (Å²) in [5, 5.41) is 28.0. The normalized spacial score (nSPS) is 18.0. The standard InChI is InChI=1S/C31H26N2O5.C18H16/c1-20-27(29(35)36)26(28(34)25-13-7-11-22-10-5-6-12-24(22)25)14-15-31(20,30(37)38)16-23-17-32-19-33(23)18-21-8-3-2-4-9-21;1-3-7-15-13(5-1)9-11-18-16-8-4-2-6-14(16)10-12-17(15)18/h2-15,17,19-20H,16,18H2,1H3,(H,35,36)(H,37,38);1,3,5-7,9-10,12H,2,4,8,11H2. The maximum atomic E-state index is 13.7. The van der Waals surface area contributed by atoms with Gasteiger partial charge in [0, 0.05) is 41.9 Å². The van der Waals surface area contributed by atoms with Crippen molar-refractivity contribution in [2.24, 2.45) is 11.3 Å². The van der Waals surface area contributed by atoms with Crippen LogP contribution in [0.4, 0.5) is 0 Å². The second-order valence-corrected chi connectivity index (χ2v) is 14.8. The van der Waals surface area contributed by atoms with Crippen LogP contribution in [0.25, 0.3) is 22.9 Å². The molecule has 7 nitrogen and oxygen atoms in total. The summed E-state index contributed by atoms with van der Waals surface area (Å²) in [7, 11) is 0. The molecule has 1 aromatic heterocycles. The Morgan fingerprint density at radius 2 is 1.57 bits per heavy atom. The van der Waals surface area contributed by atoms with Gasteiger partial charge in [-0.25, -0.2) is 9.78 Å². The first-order valence-corrected chi connectivity index (χ1v) is 19.1. The fourth-order valence-electron chi connectivity index (χ4n) is 8.64. The fraction of sp³-hybridized carbons (Fsp3) is 0.184. The van der Waals surface area contributed by atoms with Crippen LogP contribution in [0.1, 0.15) is 52.5 Å². The van der Waals surface area contributed by atoms with E-state index in [2.05, 4.69) is 53.5 Å². The summed E-state index contributed by atoms with van der Waals surface area (Å²) >= 11 is 0. The fourth-order valence-corrected chi connectivity index (χ4v) is 8.64. The van der Waals surface area contributed by atoms with E-state index in [9.17, 15) is 24.6 Å². The number of ketones is 1. The zero-order chi connectivity index (χ0) is 38.8. The molecular weight excluding hydrogens is 697 g/mol. The number of nitrogens with zero attached hydrogens (tertiary/aromatic N) is 2. The van der Waals surface area contributed by atoms with Crippen LogP contribution in [0, 0.1) is 21.8 Å². The third kappa shape index (κ3) is 6.70. The Morgan fingerprint density at radius 3 is 2.39 bits per heavy atom. The van der Waals surface area contributed by atoms with E-state index >= 15 is 0 Å². The molecule has 0 aliphatic heterocycles. The third-order valence-electron chi connectivity index (χ3n) is 11.7. The van der Waals surface area contributed by atoms with Gasteiger partial charge in [0.2, 0.25) is 0 Å². The van der Waals surface area contributed by atoms with Crippen molar-refractivity contribution in [3.63, 3.8) is 0 Å². The van der Waals surface area contributed by atoms with Crippen molar-refractivity contribution in [2.75, 3.05) is 0 Å². The van der Waals surface area contributed by atoms with E-state index in [1.54, 1.807) is 42.7 Å². The van der Waals surface area contributed by atoms with Crippen LogP contribution >= 0.6 is 0 Å². The van der Waals surface area contributed by atoms with E-state index < -0.39 is 29.1 Å². The molecule has 3 aliphatic carbocycles. The van der Waals surface area contributed by atoms with E-state index in [0.717, 1.165) is 17.4 Å². The van der Waals surface area contributed by atoms with Crippen LogP contribution in [-0.4, -0.2) is 37.5 Å². The van der Waals surface area contributed by atoms with Gasteiger partial charge >= 0.3 is 11.9 Å². The number of benzene rings is 5. The van der Waals surface area contributed by atoms with Gasteiger partial charge in [-0.15, -0.1) is 0 Å². The molecule has 9 rings (SSSR count). The number of allylic oxidation sites excluding steroid dienone is 2. The molecule has 0 saturated heterocycles. The molecular formula is C49H42N2O5. The number of hydrogen-bond donors (Lipinski definition) is 2. The molecule has 0 radical (unpaired) electrons. The number of imidazole rings is 1. The highest BCUT2D eigenvalue weighted by molar-refractivity contribution is 6.20. The molecule has 1 heterocycles. The Kier molecular flexibility index (Phi) is 9.92. The summed E-state index contributed by atoms with van der Waals surface area (Å²) in [6.07, 6.45) is 15.8. The van der Waals surface area contributed by atoms with E-state index in [4.69, 9.17) is 0 Å². The van der Waals surface area contributed by atoms with Crippen LogP contribution in [0.15, 0.2) is 145 Å². The monoisotopic (exact) mass is 738 g/mol. The number of aliphatic carboxylic acids is 2. The van der Waals surface area contributed by atoms with Crippen LogP contribution < -0.4 is 10.4 Å². The summed E-state index contributed by atoms with van der Waals surface area (Å²) in [6.45, 7) is 2.06. The summed E-state index contributed by atoms with van der Waals surface area (Å²) < 4.78 is 1.86. The Balaban J connectivity index is 0.000000202. The van der Waals surface area contributed by atoms with Crippen LogP contribution in [0.3, 0.4) is 0 Å². The molecule has 0 spiro atoms. The number of fused-ring (bicyclic) bond motifs is 5. The number of aromatic nitrogens is 2. The van der Waals surface area contributed by atoms with Crippen molar-refractivity contribution >= 4 is 40.6 Å². The largest absolute Gasteiger partial charge is 0.481 e. The number of Topliss-reactive ketones (excluding diaryl/α,β-unsaturated/α-hetero) is 1. The molecule has 6 aromatic rings. The van der Waals surface area contributed by atoms with E-state index in [-0.39, 0.29) is 17.6 Å². The maximum absolute atomic E-state index is 13.7. The number of hydrogen-bond acceptors (Lipinski definition) is 4. The SMILES string of the molecule is C1=c2ccc3c(c2CCC1)CC=c1ccccc1=3.CC1C(C(=O)O)=C(C(=O)c2cccc3ccccc23)C=CC1(Cc1cncn1Cc1ccccc1)C(=O)O. The zero-order valence-corrected chi connectivity index (χ0v) is 31.2. The lowest BCUT2D eigenvalue weighted by Crippen LogP contribution is -2.43. The quantitative estimate of drug-likeness (QED) is 0.156. The lowest BCUT2D eigenvalue weighted by atomic mass is 9.65. The highest BCUT2D eigenvalue weighted by atomic mass is 16.4. The number of carbonyl (C=O) groups excluding carboxylic acids is 1. The van der Waals surface area contributed by atoms with Gasteiger partial charge in [-0.3, -0.25) is 9.59 Å². The van der Waals surface area contributed by atoms with Gasteiger partial charge in [-0.05, 0) is 74.0 Å². The summed E-state index contributed by atoms with van der Waals surface area (Å²) in [6, 6.07) is 35.8. The van der Waals surface area contributed by atoms with Crippen molar-refractivity contribution in [1.82, 2.24) is 9.55 Å². The maximum Gasteiger partial charge on any atom is 0.332 e. The Hall–Kier alpha value is -6.60. The molecule has 0 bridgehead atoms. The lowest BCUT2D eigenvalue weighted by Gasteiger charge is -2.36. The molecule has 56 heavy (non-hydrogen) atoms. The highest BCUT2D eigenvalue weighted by Crippen LogP contribution is 2.44. The van der Waals surface area contributed by atoms with Gasteiger partial charge < -0.3 is 14.8 Å². The Labute approximate surface area is 324 Å². The average molecular weight is 739 g/mol. The minimum atomic E-state index is -1.58. The van der Waals surface area contributed by atoms with Crippen LogP contribution in [-0.2, 0) is 35.4 Å². The molecule has 0 fully saturated rings. The third-order valence-corrected chi connectivity index (χ3v) is 11.7. The van der Waals surface area contributed by atoms with Crippen molar-refractivity contribution in [3.8, 4) is 0 Å². The molecule has 0 amide bonds. The molecule has 0 saturated carbocycles. The molecule has 2 unspecified atom stereocenters. The minimum absolute atomic E-state index is 0.00368. The van der Waals surface area contributed by atoms with Gasteiger partial charge in [0.05, 0.1) is 17.3 Å². The van der Waals surface area contributed by atoms with Crippen LogP contribution in [0.5, 0.6) is 0 Å². The summed E-state index contributed by atoms with van der Waals surface area (Å²) in [4.78, 5) is 43.3. The Bertz CT molecular complexity index is 2810. The number of carboxylic acids is 2. The summed E-state index contributed by atoms with van der Waals surface area (Å²) in [5.41, 5.74) is 3.44. The van der Waals surface area contributed by atoms with Crippen molar-refractivity contribution in [2.45, 2.75) is 45.6 Å². The van der Waals surface area contributed by atoms with Crippen molar-refractivity contribution in [1.29, 1.82) is 0 Å². The molecule has 278 valence electrons. The Morgan fingerprint density at radius 1 is 0.804 bits per heavy atom. The summed E-state index contributed by atoms with van der Waals surface area (Å²) in [5.74, 6) is -3.91. The molecule has 7 heteroatoms. The van der Waals surface area contributed by atoms with Crippen LogP contribution in [0.2, 0.25) is 0 Å². The highest BCUT2D eigenvalue weighted by Gasteiger charge is 2.49. The predicted octanol–water partition coefficient (Wildman–Crippen LogP) is 7.60. The first-order valence-electron chi connectivity index (χ1n) is 19.1. The van der Waals surface area contributed by atoms with Crippen molar-refractivity contribution < 1.29 is 24.6 Å². The van der Waals surface area contributed by atoms with E-state index in [0.29, 0.717) is 23.2 Å². The lowest BCUT2D eigenvalue weighted by molar-refractivity contribution is -0.148. The molecule has 3 aliphatic rings.